The summed E-state index contributed by atoms with van der Waals surface area (Å²) in [6.07, 6.45) is 0.403. The fourth-order valence-electron chi connectivity index (χ4n) is 2.73. The van der Waals surface area contributed by atoms with Gasteiger partial charge in [0.1, 0.15) is 11.6 Å². The molecule has 2 amide bonds. The standard InChI is InChI=1S/C16H20F2N2O3/c1-9(2)14(12-4-3-11(17)7-13(12)18)19-16(23)20-6-5-10(8-20)15(21)22/h3-4,7,9-10,14H,5-6,8H2,1-2H3,(H,19,23)(H,21,22). The van der Waals surface area contributed by atoms with Gasteiger partial charge in [-0.05, 0) is 18.4 Å². The Bertz CT molecular complexity index is 607. The number of likely N-dealkylation sites (tertiary alicyclic amines) is 1. The van der Waals surface area contributed by atoms with Gasteiger partial charge in [-0.25, -0.2) is 13.6 Å². The number of amides is 2. The van der Waals surface area contributed by atoms with Gasteiger partial charge in [0, 0.05) is 24.7 Å². The van der Waals surface area contributed by atoms with Gasteiger partial charge in [0.25, 0.3) is 0 Å². The lowest BCUT2D eigenvalue weighted by Crippen LogP contribution is -2.42. The molecule has 0 aromatic heterocycles. The molecule has 126 valence electrons. The number of benzene rings is 1. The van der Waals surface area contributed by atoms with Crippen molar-refractivity contribution in [3.63, 3.8) is 0 Å². The van der Waals surface area contributed by atoms with Gasteiger partial charge in [0.15, 0.2) is 0 Å². The predicted octanol–water partition coefficient (Wildman–Crippen LogP) is 2.78. The van der Waals surface area contributed by atoms with Gasteiger partial charge >= 0.3 is 12.0 Å². The highest BCUT2D eigenvalue weighted by Crippen LogP contribution is 2.26. The number of carboxylic acid groups (broad SMARTS) is 1. The van der Waals surface area contributed by atoms with E-state index in [2.05, 4.69) is 5.32 Å². The van der Waals surface area contributed by atoms with Gasteiger partial charge in [0.2, 0.25) is 0 Å². The molecule has 1 aliphatic heterocycles. The molecule has 0 bridgehead atoms. The van der Waals surface area contributed by atoms with Crippen LogP contribution in [-0.2, 0) is 4.79 Å². The van der Waals surface area contributed by atoms with Crippen molar-refractivity contribution in [3.8, 4) is 0 Å². The third kappa shape index (κ3) is 3.97. The Morgan fingerprint density at radius 3 is 2.57 bits per heavy atom. The van der Waals surface area contributed by atoms with Crippen molar-refractivity contribution < 1.29 is 23.5 Å². The highest BCUT2D eigenvalue weighted by atomic mass is 19.1. The van der Waals surface area contributed by atoms with Crippen molar-refractivity contribution >= 4 is 12.0 Å². The second-order valence-corrected chi connectivity index (χ2v) is 6.11. The quantitative estimate of drug-likeness (QED) is 0.894. The monoisotopic (exact) mass is 326 g/mol. The van der Waals surface area contributed by atoms with E-state index in [0.29, 0.717) is 13.0 Å². The lowest BCUT2D eigenvalue weighted by Gasteiger charge is -2.26. The van der Waals surface area contributed by atoms with E-state index in [1.54, 1.807) is 0 Å². The Morgan fingerprint density at radius 1 is 1.35 bits per heavy atom. The van der Waals surface area contributed by atoms with Crippen LogP contribution in [0, 0.1) is 23.5 Å². The smallest absolute Gasteiger partial charge is 0.317 e. The van der Waals surface area contributed by atoms with E-state index in [1.807, 2.05) is 13.8 Å². The summed E-state index contributed by atoms with van der Waals surface area (Å²) in [5.74, 6) is -3.00. The molecule has 0 radical (unpaired) electrons. The molecule has 7 heteroatoms. The van der Waals surface area contributed by atoms with E-state index in [1.165, 1.54) is 11.0 Å². The molecular weight excluding hydrogens is 306 g/mol. The Balaban J connectivity index is 2.11. The fourth-order valence-corrected chi connectivity index (χ4v) is 2.73. The molecule has 1 fully saturated rings. The summed E-state index contributed by atoms with van der Waals surface area (Å²) >= 11 is 0. The van der Waals surface area contributed by atoms with Gasteiger partial charge in [-0.15, -0.1) is 0 Å². The zero-order chi connectivity index (χ0) is 17.1. The molecule has 2 atom stereocenters. The van der Waals surface area contributed by atoms with E-state index in [0.717, 1.165) is 12.1 Å². The maximum atomic E-state index is 14.0. The minimum Gasteiger partial charge on any atom is -0.481 e. The molecule has 0 saturated carbocycles. The first-order valence-electron chi connectivity index (χ1n) is 7.52. The second kappa shape index (κ2) is 6.93. The Morgan fingerprint density at radius 2 is 2.04 bits per heavy atom. The van der Waals surface area contributed by atoms with Gasteiger partial charge in [-0.1, -0.05) is 19.9 Å². The molecule has 1 heterocycles. The minimum absolute atomic E-state index is 0.114. The number of hydrogen-bond acceptors (Lipinski definition) is 2. The van der Waals surface area contributed by atoms with Crippen LogP contribution in [0.4, 0.5) is 13.6 Å². The second-order valence-electron chi connectivity index (χ2n) is 6.11. The summed E-state index contributed by atoms with van der Waals surface area (Å²) in [6.45, 7) is 4.12. The molecule has 2 rings (SSSR count). The molecule has 5 nitrogen and oxygen atoms in total. The number of nitrogens with one attached hydrogen (secondary N) is 1. The number of carbonyl (C=O) groups is 2. The van der Waals surface area contributed by atoms with Gasteiger partial charge < -0.3 is 15.3 Å². The molecule has 2 N–H and O–H groups in total. The van der Waals surface area contributed by atoms with Crippen LogP contribution >= 0.6 is 0 Å². The van der Waals surface area contributed by atoms with Crippen LogP contribution in [-0.4, -0.2) is 35.1 Å². The number of nitrogens with zero attached hydrogens (tertiary/aromatic N) is 1. The van der Waals surface area contributed by atoms with Gasteiger partial charge in [-0.2, -0.15) is 0 Å². The Labute approximate surface area is 133 Å². The van der Waals surface area contributed by atoms with Crippen LogP contribution in [0.5, 0.6) is 0 Å². The van der Waals surface area contributed by atoms with E-state index in [4.69, 9.17) is 5.11 Å². The van der Waals surface area contributed by atoms with Crippen molar-refractivity contribution in [1.82, 2.24) is 10.2 Å². The number of hydrogen-bond donors (Lipinski definition) is 2. The van der Waals surface area contributed by atoms with Crippen molar-refractivity contribution in [2.45, 2.75) is 26.3 Å². The largest absolute Gasteiger partial charge is 0.481 e. The van der Waals surface area contributed by atoms with Crippen LogP contribution in [0.25, 0.3) is 0 Å². The Hall–Kier alpha value is -2.18. The predicted molar refractivity (Wildman–Crippen MR) is 79.8 cm³/mol. The number of aliphatic carboxylic acids is 1. The summed E-state index contributed by atoms with van der Waals surface area (Å²) in [7, 11) is 0. The number of carbonyl (C=O) groups excluding carboxylic acids is 1. The topological polar surface area (TPSA) is 69.6 Å². The normalized spacial score (nSPS) is 19.0. The highest BCUT2D eigenvalue weighted by molar-refractivity contribution is 5.77. The molecule has 1 aromatic carbocycles. The number of halogens is 2. The zero-order valence-corrected chi connectivity index (χ0v) is 13.1. The van der Waals surface area contributed by atoms with Gasteiger partial charge in [-0.3, -0.25) is 4.79 Å². The minimum atomic E-state index is -0.926. The van der Waals surface area contributed by atoms with Gasteiger partial charge in [0.05, 0.1) is 12.0 Å². The van der Waals surface area contributed by atoms with Crippen LogP contribution in [0.2, 0.25) is 0 Å². The van der Waals surface area contributed by atoms with Crippen molar-refractivity contribution in [2.75, 3.05) is 13.1 Å². The molecule has 1 saturated heterocycles. The molecule has 0 aliphatic carbocycles. The number of urea groups is 1. The summed E-state index contributed by atoms with van der Waals surface area (Å²) in [6, 6.07) is 2.20. The summed E-state index contributed by atoms with van der Waals surface area (Å²) in [4.78, 5) is 24.7. The number of carboxylic acids is 1. The third-order valence-electron chi connectivity index (χ3n) is 4.07. The zero-order valence-electron chi connectivity index (χ0n) is 13.1. The van der Waals surface area contributed by atoms with E-state index in [-0.39, 0.29) is 18.0 Å². The van der Waals surface area contributed by atoms with Crippen molar-refractivity contribution in [3.05, 3.63) is 35.4 Å². The lowest BCUT2D eigenvalue weighted by molar-refractivity contribution is -0.141. The van der Waals surface area contributed by atoms with E-state index in [9.17, 15) is 18.4 Å². The molecular formula is C16H20F2N2O3. The lowest BCUT2D eigenvalue weighted by atomic mass is 9.95. The first kappa shape index (κ1) is 17.2. The molecule has 0 spiro atoms. The first-order valence-corrected chi connectivity index (χ1v) is 7.52. The summed E-state index contributed by atoms with van der Waals surface area (Å²) in [5.41, 5.74) is 0.212. The molecule has 23 heavy (non-hydrogen) atoms. The Kier molecular flexibility index (Phi) is 5.18. The van der Waals surface area contributed by atoms with Crippen LogP contribution in [0.15, 0.2) is 18.2 Å². The average Bonchev–Trinajstić information content (AvgIpc) is 2.95. The van der Waals surface area contributed by atoms with E-state index >= 15 is 0 Å². The number of rotatable bonds is 4. The first-order chi connectivity index (χ1) is 10.8. The maximum absolute atomic E-state index is 14.0. The molecule has 1 aromatic rings. The highest BCUT2D eigenvalue weighted by Gasteiger charge is 2.32. The SMILES string of the molecule is CC(C)C(NC(=O)N1CCC(C(=O)O)C1)c1ccc(F)cc1F. The third-order valence-corrected chi connectivity index (χ3v) is 4.07. The van der Waals surface area contributed by atoms with Crippen molar-refractivity contribution in [1.29, 1.82) is 0 Å². The summed E-state index contributed by atoms with van der Waals surface area (Å²) < 4.78 is 27.0. The van der Waals surface area contributed by atoms with Crippen molar-refractivity contribution in [2.24, 2.45) is 11.8 Å². The average molecular weight is 326 g/mol. The van der Waals surface area contributed by atoms with Crippen LogP contribution in [0.1, 0.15) is 31.9 Å². The molecule has 2 unspecified atom stereocenters. The van der Waals surface area contributed by atoms with Crippen LogP contribution in [0.3, 0.4) is 0 Å². The van der Waals surface area contributed by atoms with Crippen LogP contribution < -0.4 is 5.32 Å². The summed E-state index contributed by atoms with van der Waals surface area (Å²) in [5, 5.41) is 11.7. The fraction of sp³-hybridized carbons (Fsp3) is 0.500. The molecule has 1 aliphatic rings. The van der Waals surface area contributed by atoms with E-state index < -0.39 is 35.6 Å². The maximum Gasteiger partial charge on any atom is 0.317 e.